The highest BCUT2D eigenvalue weighted by molar-refractivity contribution is 6.28. The van der Waals surface area contributed by atoms with Crippen LogP contribution >= 0.6 is 11.6 Å². The van der Waals surface area contributed by atoms with Gasteiger partial charge in [-0.05, 0) is 30.7 Å². The van der Waals surface area contributed by atoms with Crippen molar-refractivity contribution < 1.29 is 0 Å². The summed E-state index contributed by atoms with van der Waals surface area (Å²) >= 11 is 5.80. The van der Waals surface area contributed by atoms with Gasteiger partial charge in [-0.15, -0.1) is 0 Å². The van der Waals surface area contributed by atoms with Crippen LogP contribution in [0.25, 0.3) is 16.9 Å². The zero-order valence-corrected chi connectivity index (χ0v) is 9.89. The Labute approximate surface area is 103 Å². The Bertz CT molecular complexity index is 673. The first kappa shape index (κ1) is 10.2. The van der Waals surface area contributed by atoms with Gasteiger partial charge in [0.15, 0.2) is 5.65 Å². The molecule has 0 N–H and O–H groups in total. The zero-order valence-electron chi connectivity index (χ0n) is 9.13. The van der Waals surface area contributed by atoms with Crippen LogP contribution in [-0.4, -0.2) is 19.5 Å². The molecule has 0 saturated heterocycles. The molecule has 5 heteroatoms. The van der Waals surface area contributed by atoms with Gasteiger partial charge in [0.1, 0.15) is 11.8 Å². The molecule has 4 nitrogen and oxygen atoms in total. The van der Waals surface area contributed by atoms with Crippen molar-refractivity contribution in [2.24, 2.45) is 0 Å². The Morgan fingerprint density at radius 1 is 1.12 bits per heavy atom. The van der Waals surface area contributed by atoms with Crippen LogP contribution in [0.2, 0.25) is 5.28 Å². The lowest BCUT2D eigenvalue weighted by Gasteiger charge is -2.03. The molecule has 0 amide bonds. The number of benzene rings is 1. The van der Waals surface area contributed by atoms with E-state index in [9.17, 15) is 0 Å². The largest absolute Gasteiger partial charge is 0.283 e. The van der Waals surface area contributed by atoms with Crippen molar-refractivity contribution >= 4 is 22.8 Å². The van der Waals surface area contributed by atoms with Crippen molar-refractivity contribution in [3.05, 3.63) is 47.6 Å². The summed E-state index contributed by atoms with van der Waals surface area (Å²) in [6.07, 6.45) is 3.34. The average Bonchev–Trinajstić information content (AvgIpc) is 2.73. The molecule has 1 aromatic carbocycles. The number of aryl methyl sites for hydroxylation is 1. The van der Waals surface area contributed by atoms with Crippen LogP contribution < -0.4 is 0 Å². The van der Waals surface area contributed by atoms with E-state index in [0.29, 0.717) is 5.65 Å². The molecule has 3 rings (SSSR count). The number of hydrogen-bond acceptors (Lipinski definition) is 3. The summed E-state index contributed by atoms with van der Waals surface area (Å²) in [7, 11) is 0. The predicted octanol–water partition coefficient (Wildman–Crippen LogP) is 2.78. The lowest BCUT2D eigenvalue weighted by molar-refractivity contribution is 1.06. The van der Waals surface area contributed by atoms with Crippen molar-refractivity contribution in [2.45, 2.75) is 6.92 Å². The van der Waals surface area contributed by atoms with Crippen molar-refractivity contribution in [1.29, 1.82) is 0 Å². The lowest BCUT2D eigenvalue weighted by Crippen LogP contribution is -1.94. The second kappa shape index (κ2) is 3.82. The van der Waals surface area contributed by atoms with E-state index in [1.165, 1.54) is 5.56 Å². The summed E-state index contributed by atoms with van der Waals surface area (Å²) in [5.74, 6) is 0. The van der Waals surface area contributed by atoms with E-state index < -0.39 is 0 Å². The number of hydrogen-bond donors (Lipinski definition) is 0. The Morgan fingerprint density at radius 2 is 1.88 bits per heavy atom. The molecule has 84 valence electrons. The van der Waals surface area contributed by atoms with Crippen LogP contribution in [0.5, 0.6) is 0 Å². The first-order valence-electron chi connectivity index (χ1n) is 5.17. The van der Waals surface area contributed by atoms with E-state index in [4.69, 9.17) is 11.6 Å². The highest BCUT2D eigenvalue weighted by Crippen LogP contribution is 2.17. The molecule has 0 atom stereocenters. The molecule has 0 spiro atoms. The van der Waals surface area contributed by atoms with Crippen molar-refractivity contribution in [2.75, 3.05) is 0 Å². The highest BCUT2D eigenvalue weighted by Gasteiger charge is 2.06. The fraction of sp³-hybridized carbons (Fsp3) is 0.0833. The van der Waals surface area contributed by atoms with Gasteiger partial charge < -0.3 is 0 Å². The van der Waals surface area contributed by atoms with E-state index in [1.807, 2.05) is 28.8 Å². The smallest absolute Gasteiger partial charge is 0.224 e. The number of fused-ring (bicyclic) bond motifs is 1. The van der Waals surface area contributed by atoms with Gasteiger partial charge in [-0.1, -0.05) is 17.7 Å². The third-order valence-corrected chi connectivity index (χ3v) is 2.76. The molecule has 0 aliphatic rings. The molecule has 3 aromatic rings. The Kier molecular flexibility index (Phi) is 2.30. The molecule has 17 heavy (non-hydrogen) atoms. The van der Waals surface area contributed by atoms with Crippen LogP contribution in [0, 0.1) is 6.92 Å². The predicted molar refractivity (Wildman–Crippen MR) is 66.4 cm³/mol. The quantitative estimate of drug-likeness (QED) is 0.618. The molecule has 0 aliphatic carbocycles. The molecular formula is C12H9ClN4. The van der Waals surface area contributed by atoms with Gasteiger partial charge in [0.25, 0.3) is 0 Å². The first-order valence-corrected chi connectivity index (χ1v) is 5.54. The van der Waals surface area contributed by atoms with Crippen LogP contribution in [0.4, 0.5) is 0 Å². The minimum absolute atomic E-state index is 0.228. The summed E-state index contributed by atoms with van der Waals surface area (Å²) in [5.41, 5.74) is 3.67. The average molecular weight is 245 g/mol. The highest BCUT2D eigenvalue weighted by atomic mass is 35.5. The van der Waals surface area contributed by atoms with Crippen LogP contribution in [0.15, 0.2) is 36.8 Å². The summed E-state index contributed by atoms with van der Waals surface area (Å²) in [6.45, 7) is 2.05. The molecule has 0 unspecified atom stereocenters. The molecule has 2 heterocycles. The van der Waals surface area contributed by atoms with Crippen molar-refractivity contribution in [1.82, 2.24) is 19.5 Å². The third-order valence-electron chi connectivity index (χ3n) is 2.57. The second-order valence-electron chi connectivity index (χ2n) is 3.80. The van der Waals surface area contributed by atoms with Crippen LogP contribution in [-0.2, 0) is 0 Å². The maximum absolute atomic E-state index is 5.80. The Morgan fingerprint density at radius 3 is 2.65 bits per heavy atom. The molecule has 0 aliphatic heterocycles. The second-order valence-corrected chi connectivity index (χ2v) is 4.14. The molecule has 0 radical (unpaired) electrons. The standard InChI is InChI=1S/C12H9ClN4/c1-8-2-4-9(5-3-8)17-7-15-10-6-14-12(13)16-11(10)17/h2-7H,1H3. The molecule has 0 fully saturated rings. The maximum Gasteiger partial charge on any atom is 0.224 e. The van der Waals surface area contributed by atoms with E-state index in [1.54, 1.807) is 12.5 Å². The monoisotopic (exact) mass is 244 g/mol. The fourth-order valence-corrected chi connectivity index (χ4v) is 1.81. The number of rotatable bonds is 1. The number of aromatic nitrogens is 4. The van der Waals surface area contributed by atoms with Crippen molar-refractivity contribution in [3.8, 4) is 5.69 Å². The maximum atomic E-state index is 5.80. The third kappa shape index (κ3) is 1.76. The van der Waals surface area contributed by atoms with Gasteiger partial charge in [0, 0.05) is 5.69 Å². The summed E-state index contributed by atoms with van der Waals surface area (Å²) in [4.78, 5) is 12.3. The van der Waals surface area contributed by atoms with E-state index in [-0.39, 0.29) is 5.28 Å². The SMILES string of the molecule is Cc1ccc(-n2cnc3cnc(Cl)nc32)cc1. The van der Waals surface area contributed by atoms with Gasteiger partial charge in [-0.2, -0.15) is 4.98 Å². The Hall–Kier alpha value is -1.94. The Balaban J connectivity index is 2.23. The van der Waals surface area contributed by atoms with Crippen LogP contribution in [0.1, 0.15) is 5.56 Å². The zero-order chi connectivity index (χ0) is 11.8. The van der Waals surface area contributed by atoms with Gasteiger partial charge in [0.2, 0.25) is 5.28 Å². The molecular weight excluding hydrogens is 236 g/mol. The van der Waals surface area contributed by atoms with Gasteiger partial charge in [-0.3, -0.25) is 4.57 Å². The molecule has 0 bridgehead atoms. The topological polar surface area (TPSA) is 43.6 Å². The van der Waals surface area contributed by atoms with E-state index >= 15 is 0 Å². The van der Waals surface area contributed by atoms with Gasteiger partial charge in [0.05, 0.1) is 6.20 Å². The van der Waals surface area contributed by atoms with Crippen molar-refractivity contribution in [3.63, 3.8) is 0 Å². The van der Waals surface area contributed by atoms with Gasteiger partial charge in [-0.25, -0.2) is 9.97 Å². The van der Waals surface area contributed by atoms with Gasteiger partial charge >= 0.3 is 0 Å². The lowest BCUT2D eigenvalue weighted by atomic mass is 10.2. The number of imidazole rings is 1. The minimum Gasteiger partial charge on any atom is -0.283 e. The van der Waals surface area contributed by atoms with Crippen LogP contribution in [0.3, 0.4) is 0 Å². The normalized spacial score (nSPS) is 10.9. The molecule has 2 aromatic heterocycles. The fourth-order valence-electron chi connectivity index (χ4n) is 1.68. The first-order chi connectivity index (χ1) is 8.24. The summed E-state index contributed by atoms with van der Waals surface area (Å²) in [5, 5.41) is 0.228. The number of nitrogens with zero attached hydrogens (tertiary/aromatic N) is 4. The number of halogens is 1. The summed E-state index contributed by atoms with van der Waals surface area (Å²) in [6, 6.07) is 8.13. The van der Waals surface area contributed by atoms with E-state index in [2.05, 4.69) is 21.9 Å². The molecule has 0 saturated carbocycles. The minimum atomic E-state index is 0.228. The van der Waals surface area contributed by atoms with E-state index in [0.717, 1.165) is 11.2 Å². The summed E-state index contributed by atoms with van der Waals surface area (Å²) < 4.78 is 1.89.